The van der Waals surface area contributed by atoms with E-state index in [4.69, 9.17) is 0 Å². The average molecular weight is 117 g/mol. The van der Waals surface area contributed by atoms with Crippen LogP contribution in [0.4, 0.5) is 0 Å². The average Bonchev–Trinajstić information content (AvgIpc) is 1.65. The summed E-state index contributed by atoms with van der Waals surface area (Å²) in [4.78, 5) is 9.74. The lowest BCUT2D eigenvalue weighted by Gasteiger charge is -2.02. The minimum atomic E-state index is -0.208. The van der Waals surface area contributed by atoms with Crippen LogP contribution in [-0.2, 0) is 4.79 Å². The van der Waals surface area contributed by atoms with Crippen molar-refractivity contribution in [3.05, 3.63) is 0 Å². The Morgan fingerprint density at radius 3 is 2.00 bits per heavy atom. The standard InChI is InChI=1S/C5H9OS/c1-4(2)5(7)3-6/h4-5,7H,1-2H3/t5-/m1/s1. The van der Waals surface area contributed by atoms with E-state index in [1.165, 1.54) is 0 Å². The monoisotopic (exact) mass is 117 g/mol. The van der Waals surface area contributed by atoms with Gasteiger partial charge in [0.05, 0.1) is 5.25 Å². The van der Waals surface area contributed by atoms with Crippen molar-refractivity contribution in [2.75, 3.05) is 0 Å². The Balaban J connectivity index is 3.33. The highest BCUT2D eigenvalue weighted by Crippen LogP contribution is 2.03. The molecule has 0 heterocycles. The molecule has 0 fully saturated rings. The van der Waals surface area contributed by atoms with Gasteiger partial charge in [-0.2, -0.15) is 12.6 Å². The van der Waals surface area contributed by atoms with Crippen LogP contribution in [0.5, 0.6) is 0 Å². The Labute approximate surface area is 49.5 Å². The molecule has 1 atom stereocenters. The van der Waals surface area contributed by atoms with E-state index < -0.39 is 0 Å². The van der Waals surface area contributed by atoms with E-state index in [-0.39, 0.29) is 5.25 Å². The molecule has 0 aliphatic carbocycles. The largest absolute Gasteiger partial charge is 0.290 e. The molecule has 0 aromatic heterocycles. The van der Waals surface area contributed by atoms with Crippen LogP contribution in [0.2, 0.25) is 0 Å². The van der Waals surface area contributed by atoms with Crippen molar-refractivity contribution in [3.8, 4) is 0 Å². The van der Waals surface area contributed by atoms with E-state index in [2.05, 4.69) is 12.6 Å². The first kappa shape index (κ1) is 7.02. The lowest BCUT2D eigenvalue weighted by atomic mass is 10.1. The third-order valence-corrected chi connectivity index (χ3v) is 1.45. The third-order valence-electron chi connectivity index (χ3n) is 0.752. The van der Waals surface area contributed by atoms with Crippen LogP contribution < -0.4 is 0 Å². The summed E-state index contributed by atoms with van der Waals surface area (Å²) >= 11 is 3.90. The Hall–Kier alpha value is 0.0200. The zero-order chi connectivity index (χ0) is 5.86. The van der Waals surface area contributed by atoms with Gasteiger partial charge >= 0.3 is 0 Å². The molecule has 1 nitrogen and oxygen atoms in total. The molecule has 41 valence electrons. The SMILES string of the molecule is CC(C)[C@H](S)[C]=O. The van der Waals surface area contributed by atoms with Gasteiger partial charge in [-0.05, 0) is 5.92 Å². The van der Waals surface area contributed by atoms with Crippen LogP contribution in [0.15, 0.2) is 0 Å². The second kappa shape index (κ2) is 3.08. The first-order valence-electron chi connectivity index (χ1n) is 2.24. The Bertz CT molecular complexity index is 61.1. The molecular formula is C5H9OS. The first-order valence-corrected chi connectivity index (χ1v) is 2.76. The van der Waals surface area contributed by atoms with E-state index in [1.807, 2.05) is 13.8 Å². The molecule has 0 bridgehead atoms. The normalized spacial score (nSPS) is 14.3. The molecule has 0 unspecified atom stereocenters. The summed E-state index contributed by atoms with van der Waals surface area (Å²) in [5.41, 5.74) is 0. The minimum Gasteiger partial charge on any atom is -0.290 e. The smallest absolute Gasteiger partial charge is 0.212 e. The van der Waals surface area contributed by atoms with E-state index in [9.17, 15) is 4.79 Å². The van der Waals surface area contributed by atoms with Crippen molar-refractivity contribution in [1.29, 1.82) is 0 Å². The highest BCUT2D eigenvalue weighted by atomic mass is 32.1. The summed E-state index contributed by atoms with van der Waals surface area (Å²) in [7, 11) is 0. The summed E-state index contributed by atoms with van der Waals surface area (Å²) < 4.78 is 0. The number of rotatable bonds is 2. The quantitative estimate of drug-likeness (QED) is 0.535. The number of thiol groups is 1. The molecule has 0 spiro atoms. The zero-order valence-corrected chi connectivity index (χ0v) is 5.40. The summed E-state index contributed by atoms with van der Waals surface area (Å²) in [5.74, 6) is 0.306. The predicted molar refractivity (Wildman–Crippen MR) is 33.3 cm³/mol. The molecule has 0 rings (SSSR count). The van der Waals surface area contributed by atoms with Crippen molar-refractivity contribution in [3.63, 3.8) is 0 Å². The van der Waals surface area contributed by atoms with Gasteiger partial charge in [0.1, 0.15) is 0 Å². The molecule has 0 saturated heterocycles. The lowest BCUT2D eigenvalue weighted by molar-refractivity contribution is 0.539. The van der Waals surface area contributed by atoms with Gasteiger partial charge in [-0.1, -0.05) is 13.8 Å². The summed E-state index contributed by atoms with van der Waals surface area (Å²) in [6, 6.07) is 0. The van der Waals surface area contributed by atoms with Crippen LogP contribution in [0, 0.1) is 5.92 Å². The molecule has 0 amide bonds. The molecule has 0 aromatic carbocycles. The molecule has 0 aromatic rings. The molecule has 0 aliphatic rings. The van der Waals surface area contributed by atoms with E-state index in [0.29, 0.717) is 5.92 Å². The number of hydrogen-bond acceptors (Lipinski definition) is 2. The maximum Gasteiger partial charge on any atom is 0.212 e. The van der Waals surface area contributed by atoms with Gasteiger partial charge in [-0.3, -0.25) is 4.79 Å². The molecule has 0 saturated carbocycles. The van der Waals surface area contributed by atoms with Crippen LogP contribution in [0.3, 0.4) is 0 Å². The fourth-order valence-electron chi connectivity index (χ4n) is 0.136. The fraction of sp³-hybridized carbons (Fsp3) is 0.800. The van der Waals surface area contributed by atoms with Crippen molar-refractivity contribution in [2.24, 2.45) is 5.92 Å². The van der Waals surface area contributed by atoms with Crippen LogP contribution in [0.1, 0.15) is 13.8 Å². The third kappa shape index (κ3) is 2.68. The van der Waals surface area contributed by atoms with Gasteiger partial charge in [-0.25, -0.2) is 0 Å². The minimum absolute atomic E-state index is 0.208. The molecular weight excluding hydrogens is 108 g/mol. The van der Waals surface area contributed by atoms with E-state index in [1.54, 1.807) is 6.29 Å². The van der Waals surface area contributed by atoms with Gasteiger partial charge in [-0.15, -0.1) is 0 Å². The van der Waals surface area contributed by atoms with Crippen LogP contribution in [0.25, 0.3) is 0 Å². The zero-order valence-electron chi connectivity index (χ0n) is 4.51. The lowest BCUT2D eigenvalue weighted by Crippen LogP contribution is -2.07. The Morgan fingerprint density at radius 1 is 1.57 bits per heavy atom. The molecule has 7 heavy (non-hydrogen) atoms. The second-order valence-corrected chi connectivity index (χ2v) is 2.36. The highest BCUT2D eigenvalue weighted by Gasteiger charge is 2.04. The van der Waals surface area contributed by atoms with Crippen molar-refractivity contribution >= 4 is 18.9 Å². The summed E-state index contributed by atoms with van der Waals surface area (Å²) in [6.07, 6.45) is 1.78. The predicted octanol–water partition coefficient (Wildman–Crippen LogP) is 1.05. The Kier molecular flexibility index (Phi) is 3.09. The summed E-state index contributed by atoms with van der Waals surface area (Å²) in [5, 5.41) is -0.208. The first-order chi connectivity index (χ1) is 3.18. The number of carbonyl (C=O) groups excluding carboxylic acids is 1. The summed E-state index contributed by atoms with van der Waals surface area (Å²) in [6.45, 7) is 3.87. The van der Waals surface area contributed by atoms with Gasteiger partial charge in [0, 0.05) is 0 Å². The maximum atomic E-state index is 9.74. The molecule has 0 aliphatic heterocycles. The number of hydrogen-bond donors (Lipinski definition) is 1. The van der Waals surface area contributed by atoms with Crippen LogP contribution >= 0.6 is 12.6 Å². The van der Waals surface area contributed by atoms with Crippen molar-refractivity contribution in [2.45, 2.75) is 19.1 Å². The van der Waals surface area contributed by atoms with E-state index in [0.717, 1.165) is 0 Å². The maximum absolute atomic E-state index is 9.74. The molecule has 2 heteroatoms. The molecule has 1 radical (unpaired) electrons. The molecule has 0 N–H and O–H groups in total. The van der Waals surface area contributed by atoms with Crippen LogP contribution in [-0.4, -0.2) is 11.5 Å². The topological polar surface area (TPSA) is 17.1 Å². The van der Waals surface area contributed by atoms with Crippen molar-refractivity contribution in [1.82, 2.24) is 0 Å². The fourth-order valence-corrected chi connectivity index (χ4v) is 0.136. The Morgan fingerprint density at radius 2 is 2.00 bits per heavy atom. The second-order valence-electron chi connectivity index (χ2n) is 1.81. The van der Waals surface area contributed by atoms with Gasteiger partial charge in [0.2, 0.25) is 6.29 Å². The van der Waals surface area contributed by atoms with Gasteiger partial charge in [0.25, 0.3) is 0 Å². The van der Waals surface area contributed by atoms with Gasteiger partial charge in [0.15, 0.2) is 0 Å². The van der Waals surface area contributed by atoms with E-state index >= 15 is 0 Å². The highest BCUT2D eigenvalue weighted by molar-refractivity contribution is 7.81. The van der Waals surface area contributed by atoms with Gasteiger partial charge < -0.3 is 0 Å². The van der Waals surface area contributed by atoms with Crippen molar-refractivity contribution < 1.29 is 4.79 Å².